The van der Waals surface area contributed by atoms with E-state index in [1.807, 2.05) is 11.3 Å². The van der Waals surface area contributed by atoms with E-state index < -0.39 is 0 Å². The monoisotopic (exact) mass is 288 g/mol. The van der Waals surface area contributed by atoms with Crippen LogP contribution in [0.5, 0.6) is 0 Å². The summed E-state index contributed by atoms with van der Waals surface area (Å²) in [5.74, 6) is 5.72. The fourth-order valence-electron chi connectivity index (χ4n) is 2.22. The Balaban J connectivity index is 1.72. The van der Waals surface area contributed by atoms with Crippen molar-refractivity contribution in [2.45, 2.75) is 18.9 Å². The van der Waals surface area contributed by atoms with Gasteiger partial charge in [-0.1, -0.05) is 30.3 Å². The van der Waals surface area contributed by atoms with Crippen LogP contribution in [0.25, 0.3) is 9.40 Å². The van der Waals surface area contributed by atoms with E-state index in [0.29, 0.717) is 0 Å². The van der Waals surface area contributed by atoms with E-state index in [1.54, 1.807) is 11.3 Å². The van der Waals surface area contributed by atoms with Gasteiger partial charge in [-0.2, -0.15) is 0 Å². The van der Waals surface area contributed by atoms with Gasteiger partial charge in [-0.15, -0.1) is 22.7 Å². The predicted molar refractivity (Wildman–Crippen MR) is 84.5 cm³/mol. The van der Waals surface area contributed by atoms with Crippen molar-refractivity contribution in [1.82, 2.24) is 5.43 Å². The molecule has 0 radical (unpaired) electrons. The van der Waals surface area contributed by atoms with Gasteiger partial charge in [0.25, 0.3) is 0 Å². The zero-order chi connectivity index (χ0) is 13.1. The Morgan fingerprint density at radius 2 is 1.95 bits per heavy atom. The van der Waals surface area contributed by atoms with Crippen LogP contribution in [0.3, 0.4) is 0 Å². The largest absolute Gasteiger partial charge is 0.271 e. The van der Waals surface area contributed by atoms with Crippen molar-refractivity contribution in [1.29, 1.82) is 0 Å². The van der Waals surface area contributed by atoms with Gasteiger partial charge < -0.3 is 0 Å². The second-order valence-electron chi connectivity index (χ2n) is 4.54. The number of fused-ring (bicyclic) bond motifs is 1. The first-order valence-electron chi connectivity index (χ1n) is 6.34. The normalized spacial score (nSPS) is 12.9. The molecule has 1 atom stereocenters. The second-order valence-corrected chi connectivity index (χ2v) is 6.60. The molecule has 2 nitrogen and oxygen atoms in total. The third kappa shape index (κ3) is 2.87. The van der Waals surface area contributed by atoms with Crippen LogP contribution in [0.4, 0.5) is 0 Å². The lowest BCUT2D eigenvalue weighted by Crippen LogP contribution is -2.27. The summed E-state index contributed by atoms with van der Waals surface area (Å²) in [6.45, 7) is 0. The number of benzene rings is 1. The molecule has 0 fully saturated rings. The van der Waals surface area contributed by atoms with E-state index in [1.165, 1.54) is 19.8 Å². The molecule has 0 aliphatic rings. The van der Waals surface area contributed by atoms with Crippen molar-refractivity contribution in [3.63, 3.8) is 0 Å². The topological polar surface area (TPSA) is 38.0 Å². The zero-order valence-corrected chi connectivity index (χ0v) is 12.1. The van der Waals surface area contributed by atoms with E-state index in [9.17, 15) is 0 Å². The maximum atomic E-state index is 5.72. The summed E-state index contributed by atoms with van der Waals surface area (Å²) in [6, 6.07) is 15.2. The number of nitrogens with one attached hydrogen (secondary N) is 1. The molecule has 2 aromatic heterocycles. The minimum atomic E-state index is 0.241. The van der Waals surface area contributed by atoms with Gasteiger partial charge in [0.05, 0.1) is 6.04 Å². The van der Waals surface area contributed by atoms with Crippen LogP contribution in [0.15, 0.2) is 47.8 Å². The van der Waals surface area contributed by atoms with Crippen LogP contribution in [0, 0.1) is 0 Å². The number of rotatable bonds is 5. The highest BCUT2D eigenvalue weighted by Crippen LogP contribution is 2.34. The number of nitrogens with two attached hydrogens (primary N) is 1. The van der Waals surface area contributed by atoms with Crippen molar-refractivity contribution >= 4 is 32.1 Å². The lowest BCUT2D eigenvalue weighted by Gasteiger charge is -2.13. The molecule has 0 aliphatic carbocycles. The molecular weight excluding hydrogens is 272 g/mol. The van der Waals surface area contributed by atoms with E-state index >= 15 is 0 Å². The second kappa shape index (κ2) is 5.84. The molecule has 0 bridgehead atoms. The van der Waals surface area contributed by atoms with Crippen LogP contribution in [0.1, 0.15) is 22.9 Å². The number of thiophene rings is 2. The van der Waals surface area contributed by atoms with Gasteiger partial charge in [0.1, 0.15) is 0 Å². The zero-order valence-electron chi connectivity index (χ0n) is 10.5. The Bertz CT molecular complexity index is 614. The minimum Gasteiger partial charge on any atom is -0.271 e. The minimum absolute atomic E-state index is 0.241. The number of hydrogen-bond donors (Lipinski definition) is 2. The quantitative estimate of drug-likeness (QED) is 0.548. The molecule has 0 saturated heterocycles. The highest BCUT2D eigenvalue weighted by molar-refractivity contribution is 7.26. The maximum absolute atomic E-state index is 5.72. The van der Waals surface area contributed by atoms with E-state index in [-0.39, 0.29) is 6.04 Å². The molecule has 98 valence electrons. The Hall–Kier alpha value is -1.20. The van der Waals surface area contributed by atoms with Gasteiger partial charge >= 0.3 is 0 Å². The van der Waals surface area contributed by atoms with Gasteiger partial charge in [-0.3, -0.25) is 11.3 Å². The van der Waals surface area contributed by atoms with Crippen molar-refractivity contribution in [2.75, 3.05) is 0 Å². The molecule has 3 N–H and O–H groups in total. The Labute approximate surface area is 120 Å². The maximum Gasteiger partial charge on any atom is 0.0557 e. The van der Waals surface area contributed by atoms with E-state index in [4.69, 9.17) is 5.84 Å². The van der Waals surface area contributed by atoms with E-state index in [0.717, 1.165) is 12.8 Å². The number of aryl methyl sites for hydroxylation is 1. The summed E-state index contributed by atoms with van der Waals surface area (Å²) in [7, 11) is 0. The first kappa shape index (κ1) is 12.8. The first-order valence-corrected chi connectivity index (χ1v) is 8.03. The van der Waals surface area contributed by atoms with Crippen LogP contribution in [-0.4, -0.2) is 0 Å². The highest BCUT2D eigenvalue weighted by Gasteiger charge is 2.13. The van der Waals surface area contributed by atoms with Gasteiger partial charge in [-0.05, 0) is 35.9 Å². The van der Waals surface area contributed by atoms with Crippen molar-refractivity contribution in [3.05, 3.63) is 58.3 Å². The summed E-state index contributed by atoms with van der Waals surface area (Å²) in [5.41, 5.74) is 4.32. The number of hydrogen-bond acceptors (Lipinski definition) is 4. The first-order chi connectivity index (χ1) is 9.36. The fraction of sp³-hybridized carbons (Fsp3) is 0.200. The molecule has 1 aromatic carbocycles. The third-order valence-corrected chi connectivity index (χ3v) is 5.47. The summed E-state index contributed by atoms with van der Waals surface area (Å²) < 4.78 is 2.72. The molecule has 3 rings (SSSR count). The standard InChI is InChI=1S/C15H16N2S2/c16-17-12(7-6-11-4-2-1-3-5-11)14-10-15-13(19-14)8-9-18-15/h1-5,8-10,12,17H,6-7,16H2. The molecule has 1 unspecified atom stereocenters. The lowest BCUT2D eigenvalue weighted by atomic mass is 10.0. The molecule has 0 spiro atoms. The van der Waals surface area contributed by atoms with Crippen molar-refractivity contribution in [2.24, 2.45) is 5.84 Å². The van der Waals surface area contributed by atoms with Crippen LogP contribution in [-0.2, 0) is 6.42 Å². The van der Waals surface area contributed by atoms with Crippen LogP contribution in [0.2, 0.25) is 0 Å². The molecule has 4 heteroatoms. The summed E-state index contributed by atoms with van der Waals surface area (Å²) in [4.78, 5) is 1.33. The summed E-state index contributed by atoms with van der Waals surface area (Å²) in [5, 5.41) is 2.14. The Kier molecular flexibility index (Phi) is 3.94. The molecule has 0 amide bonds. The van der Waals surface area contributed by atoms with Crippen molar-refractivity contribution in [3.8, 4) is 0 Å². The average Bonchev–Trinajstić information content (AvgIpc) is 3.02. The summed E-state index contributed by atoms with van der Waals surface area (Å²) in [6.07, 6.45) is 2.07. The third-order valence-electron chi connectivity index (χ3n) is 3.27. The molecular formula is C15H16N2S2. The SMILES string of the molecule is NNC(CCc1ccccc1)c1cc2sccc2s1. The van der Waals surface area contributed by atoms with Crippen molar-refractivity contribution < 1.29 is 0 Å². The highest BCUT2D eigenvalue weighted by atomic mass is 32.1. The lowest BCUT2D eigenvalue weighted by molar-refractivity contribution is 0.524. The average molecular weight is 288 g/mol. The Morgan fingerprint density at radius 1 is 1.11 bits per heavy atom. The molecule has 3 aromatic rings. The van der Waals surface area contributed by atoms with Crippen LogP contribution >= 0.6 is 22.7 Å². The predicted octanol–water partition coefficient (Wildman–Crippen LogP) is 4.10. The van der Waals surface area contributed by atoms with Gasteiger partial charge in [0.15, 0.2) is 0 Å². The Morgan fingerprint density at radius 3 is 2.68 bits per heavy atom. The fourth-order valence-corrected chi connectivity index (χ4v) is 4.43. The molecule has 0 aliphatic heterocycles. The molecule has 0 saturated carbocycles. The summed E-state index contributed by atoms with van der Waals surface area (Å²) >= 11 is 3.63. The van der Waals surface area contributed by atoms with Gasteiger partial charge in [0.2, 0.25) is 0 Å². The molecule has 19 heavy (non-hydrogen) atoms. The smallest absolute Gasteiger partial charge is 0.0557 e. The van der Waals surface area contributed by atoms with E-state index in [2.05, 4.69) is 53.3 Å². The number of hydrazine groups is 1. The van der Waals surface area contributed by atoms with Crippen LogP contribution < -0.4 is 11.3 Å². The van der Waals surface area contributed by atoms with Gasteiger partial charge in [-0.25, -0.2) is 0 Å². The molecule has 2 heterocycles. The van der Waals surface area contributed by atoms with Gasteiger partial charge in [0, 0.05) is 14.3 Å².